The molecule has 132 valence electrons. The molecule has 1 aliphatic heterocycles. The molecule has 1 aliphatic rings. The number of nitrogens with two attached hydrogens (primary N) is 1. The van der Waals surface area contributed by atoms with Crippen molar-refractivity contribution in [3.8, 4) is 0 Å². The first kappa shape index (κ1) is 17.0. The average molecular weight is 344 g/mol. The highest BCUT2D eigenvalue weighted by molar-refractivity contribution is 5.90. The van der Waals surface area contributed by atoms with Crippen LogP contribution in [0.3, 0.4) is 0 Å². The third kappa shape index (κ3) is 4.58. The zero-order chi connectivity index (χ0) is 17.6. The maximum Gasteiger partial charge on any atom is 0.268 e. The molecule has 3 rings (SSSR count). The van der Waals surface area contributed by atoms with Crippen LogP contribution in [0.5, 0.6) is 0 Å². The van der Waals surface area contributed by atoms with Crippen molar-refractivity contribution in [1.29, 1.82) is 0 Å². The first-order valence-electron chi connectivity index (χ1n) is 7.91. The van der Waals surface area contributed by atoms with Crippen LogP contribution < -0.4 is 21.7 Å². The summed E-state index contributed by atoms with van der Waals surface area (Å²) >= 11 is 0. The van der Waals surface area contributed by atoms with Gasteiger partial charge in [0.25, 0.3) is 5.91 Å². The SMILES string of the molecule is Cc1nnc(Nc2cnc(C(N)=O)cn2)cc1NCC1CNCCO1. The number of aromatic nitrogens is 4. The zero-order valence-corrected chi connectivity index (χ0v) is 13.8. The minimum atomic E-state index is -0.625. The summed E-state index contributed by atoms with van der Waals surface area (Å²) in [6.45, 7) is 4.97. The number of carbonyl (C=O) groups is 1. The number of anilines is 3. The average Bonchev–Trinajstić information content (AvgIpc) is 2.63. The van der Waals surface area contributed by atoms with Gasteiger partial charge in [-0.15, -0.1) is 5.10 Å². The number of primary amides is 1. The minimum Gasteiger partial charge on any atom is -0.381 e. The van der Waals surface area contributed by atoms with Gasteiger partial charge < -0.3 is 26.4 Å². The highest BCUT2D eigenvalue weighted by Gasteiger charge is 2.14. The number of amides is 1. The van der Waals surface area contributed by atoms with E-state index in [0.717, 1.165) is 24.5 Å². The maximum atomic E-state index is 11.0. The van der Waals surface area contributed by atoms with Crippen LogP contribution in [0.15, 0.2) is 18.5 Å². The first-order valence-corrected chi connectivity index (χ1v) is 7.91. The summed E-state index contributed by atoms with van der Waals surface area (Å²) in [6, 6.07) is 1.84. The van der Waals surface area contributed by atoms with Crippen molar-refractivity contribution in [1.82, 2.24) is 25.5 Å². The van der Waals surface area contributed by atoms with E-state index in [2.05, 4.69) is 36.1 Å². The van der Waals surface area contributed by atoms with E-state index < -0.39 is 5.91 Å². The molecule has 5 N–H and O–H groups in total. The van der Waals surface area contributed by atoms with E-state index in [1.807, 2.05) is 13.0 Å². The second-order valence-corrected chi connectivity index (χ2v) is 5.58. The van der Waals surface area contributed by atoms with Gasteiger partial charge in [0.15, 0.2) is 5.82 Å². The van der Waals surface area contributed by atoms with Crippen LogP contribution in [0.2, 0.25) is 0 Å². The molecule has 1 saturated heterocycles. The van der Waals surface area contributed by atoms with Gasteiger partial charge in [-0.1, -0.05) is 0 Å². The highest BCUT2D eigenvalue weighted by Crippen LogP contribution is 2.18. The fourth-order valence-electron chi connectivity index (χ4n) is 2.32. The zero-order valence-electron chi connectivity index (χ0n) is 13.8. The largest absolute Gasteiger partial charge is 0.381 e. The lowest BCUT2D eigenvalue weighted by Crippen LogP contribution is -2.42. The quantitative estimate of drug-likeness (QED) is 0.561. The molecule has 2 aromatic heterocycles. The number of hydrogen-bond acceptors (Lipinski definition) is 9. The van der Waals surface area contributed by atoms with E-state index in [0.29, 0.717) is 24.8 Å². The molecule has 0 aliphatic carbocycles. The normalized spacial score (nSPS) is 17.1. The summed E-state index contributed by atoms with van der Waals surface area (Å²) in [7, 11) is 0. The van der Waals surface area contributed by atoms with E-state index in [9.17, 15) is 4.79 Å². The molecule has 1 fully saturated rings. The number of hydrogen-bond donors (Lipinski definition) is 4. The van der Waals surface area contributed by atoms with Crippen LogP contribution in [0.1, 0.15) is 16.2 Å². The second-order valence-electron chi connectivity index (χ2n) is 5.58. The lowest BCUT2D eigenvalue weighted by Gasteiger charge is -2.24. The number of ether oxygens (including phenoxy) is 1. The van der Waals surface area contributed by atoms with Crippen molar-refractivity contribution in [3.05, 3.63) is 29.8 Å². The Balaban J connectivity index is 1.64. The van der Waals surface area contributed by atoms with Crippen LogP contribution >= 0.6 is 0 Å². The van der Waals surface area contributed by atoms with Gasteiger partial charge in [0, 0.05) is 25.7 Å². The predicted molar refractivity (Wildman–Crippen MR) is 91.7 cm³/mol. The molecule has 0 aromatic carbocycles. The van der Waals surface area contributed by atoms with Crippen molar-refractivity contribution in [2.75, 3.05) is 36.9 Å². The van der Waals surface area contributed by atoms with Gasteiger partial charge in [-0.25, -0.2) is 9.97 Å². The van der Waals surface area contributed by atoms with Crippen LogP contribution in [0.4, 0.5) is 17.3 Å². The number of aryl methyl sites for hydroxylation is 1. The summed E-state index contributed by atoms with van der Waals surface area (Å²) in [6.07, 6.45) is 2.83. The van der Waals surface area contributed by atoms with Gasteiger partial charge in [0.05, 0.1) is 36.5 Å². The van der Waals surface area contributed by atoms with Crippen LogP contribution in [0.25, 0.3) is 0 Å². The molecule has 2 aromatic rings. The van der Waals surface area contributed by atoms with Crippen LogP contribution in [0, 0.1) is 6.92 Å². The Morgan fingerprint density at radius 1 is 1.36 bits per heavy atom. The van der Waals surface area contributed by atoms with E-state index in [4.69, 9.17) is 10.5 Å². The van der Waals surface area contributed by atoms with E-state index in [1.165, 1.54) is 12.4 Å². The molecule has 10 heteroatoms. The monoisotopic (exact) mass is 344 g/mol. The Labute approximate surface area is 144 Å². The molecule has 1 atom stereocenters. The Morgan fingerprint density at radius 3 is 2.92 bits per heavy atom. The fraction of sp³-hybridized carbons (Fsp3) is 0.400. The predicted octanol–water partition coefficient (Wildman–Crippen LogP) is -0.182. The molecular weight excluding hydrogens is 324 g/mol. The van der Waals surface area contributed by atoms with Crippen molar-refractivity contribution in [2.45, 2.75) is 13.0 Å². The Kier molecular flexibility index (Phi) is 5.31. The maximum absolute atomic E-state index is 11.0. The Bertz CT molecular complexity index is 731. The molecule has 25 heavy (non-hydrogen) atoms. The van der Waals surface area contributed by atoms with Gasteiger partial charge in [-0.2, -0.15) is 5.10 Å². The van der Waals surface area contributed by atoms with Crippen molar-refractivity contribution in [3.63, 3.8) is 0 Å². The lowest BCUT2D eigenvalue weighted by atomic mass is 10.2. The van der Waals surface area contributed by atoms with Gasteiger partial charge in [-0.3, -0.25) is 4.79 Å². The number of morpholine rings is 1. The Hall–Kier alpha value is -2.85. The minimum absolute atomic E-state index is 0.101. The van der Waals surface area contributed by atoms with Gasteiger partial charge in [-0.05, 0) is 6.92 Å². The van der Waals surface area contributed by atoms with Crippen LogP contribution in [-0.2, 0) is 4.74 Å². The lowest BCUT2D eigenvalue weighted by molar-refractivity contribution is 0.0372. The third-order valence-corrected chi connectivity index (χ3v) is 3.66. The van der Waals surface area contributed by atoms with E-state index in [1.54, 1.807) is 0 Å². The number of nitrogens with one attached hydrogen (secondary N) is 3. The van der Waals surface area contributed by atoms with Crippen molar-refractivity contribution < 1.29 is 9.53 Å². The topological polar surface area (TPSA) is 140 Å². The first-order chi connectivity index (χ1) is 12.1. The fourth-order valence-corrected chi connectivity index (χ4v) is 2.32. The Morgan fingerprint density at radius 2 is 2.24 bits per heavy atom. The van der Waals surface area contributed by atoms with Crippen LogP contribution in [-0.4, -0.2) is 58.4 Å². The number of carbonyl (C=O) groups excluding carboxylic acids is 1. The molecular formula is C15H20N8O2. The summed E-state index contributed by atoms with van der Waals surface area (Å²) in [5.74, 6) is 0.325. The molecule has 10 nitrogen and oxygen atoms in total. The number of rotatable bonds is 6. The molecule has 0 spiro atoms. The molecule has 0 radical (unpaired) electrons. The smallest absolute Gasteiger partial charge is 0.268 e. The van der Waals surface area contributed by atoms with E-state index in [-0.39, 0.29) is 11.8 Å². The summed E-state index contributed by atoms with van der Waals surface area (Å²) in [4.78, 5) is 19.0. The molecule has 3 heterocycles. The summed E-state index contributed by atoms with van der Waals surface area (Å²) in [5.41, 5.74) is 6.88. The van der Waals surface area contributed by atoms with Gasteiger partial charge >= 0.3 is 0 Å². The van der Waals surface area contributed by atoms with Crippen molar-refractivity contribution in [2.24, 2.45) is 5.73 Å². The highest BCUT2D eigenvalue weighted by atomic mass is 16.5. The molecule has 0 saturated carbocycles. The third-order valence-electron chi connectivity index (χ3n) is 3.66. The number of nitrogens with zero attached hydrogens (tertiary/aromatic N) is 4. The van der Waals surface area contributed by atoms with Crippen molar-refractivity contribution >= 4 is 23.2 Å². The molecule has 1 amide bonds. The van der Waals surface area contributed by atoms with Gasteiger partial charge in [0.2, 0.25) is 0 Å². The standard InChI is InChI=1S/C15H20N8O2/c1-9-11(18-6-10-5-17-2-3-25-10)4-13(23-22-9)21-14-8-19-12(7-20-14)15(16)24/h4,7-8,10,17H,2-3,5-6H2,1H3,(H2,16,24)(H2,18,20,21,23). The molecule has 1 unspecified atom stereocenters. The van der Waals surface area contributed by atoms with Gasteiger partial charge in [0.1, 0.15) is 11.5 Å². The summed E-state index contributed by atoms with van der Waals surface area (Å²) < 4.78 is 5.66. The van der Waals surface area contributed by atoms with E-state index >= 15 is 0 Å². The molecule has 0 bridgehead atoms. The second kappa shape index (κ2) is 7.81. The summed E-state index contributed by atoms with van der Waals surface area (Å²) in [5, 5.41) is 17.8.